The molecule has 0 saturated heterocycles. The van der Waals surface area contributed by atoms with Gasteiger partial charge in [-0.05, 0) is 62.8 Å². The maximum Gasteiger partial charge on any atom is 0.251 e. The molecule has 1 amide bonds. The van der Waals surface area contributed by atoms with Crippen LogP contribution in [0.3, 0.4) is 0 Å². The summed E-state index contributed by atoms with van der Waals surface area (Å²) in [6.45, 7) is 0.716. The zero-order valence-corrected chi connectivity index (χ0v) is 15.9. The summed E-state index contributed by atoms with van der Waals surface area (Å²) >= 11 is 0. The van der Waals surface area contributed by atoms with Gasteiger partial charge in [0.05, 0.1) is 6.10 Å². The van der Waals surface area contributed by atoms with E-state index in [4.69, 9.17) is 4.74 Å². The molecule has 26 heavy (non-hydrogen) atoms. The zero-order chi connectivity index (χ0) is 18.5. The molecule has 2 rings (SSSR count). The van der Waals surface area contributed by atoms with E-state index in [1.54, 1.807) is 0 Å². The molecule has 0 radical (unpaired) electrons. The first-order valence-electron chi connectivity index (χ1n) is 10.3. The summed E-state index contributed by atoms with van der Waals surface area (Å²) in [7, 11) is 0. The van der Waals surface area contributed by atoms with E-state index in [2.05, 4.69) is 5.32 Å². The summed E-state index contributed by atoms with van der Waals surface area (Å²) in [6.07, 6.45) is 14.7. The average molecular weight is 360 g/mol. The number of nitrogens with one attached hydrogen (secondary N) is 1. The third-order valence-electron chi connectivity index (χ3n) is 5.01. The molecule has 1 aromatic carbocycles. The molecule has 0 unspecified atom stereocenters. The van der Waals surface area contributed by atoms with Crippen molar-refractivity contribution in [3.63, 3.8) is 0 Å². The second kappa shape index (κ2) is 12.5. The van der Waals surface area contributed by atoms with Gasteiger partial charge in [0.1, 0.15) is 12.0 Å². The summed E-state index contributed by atoms with van der Waals surface area (Å²) in [6, 6.07) is 7.51. The van der Waals surface area contributed by atoms with Crippen LogP contribution < -0.4 is 10.1 Å². The first kappa shape index (κ1) is 20.5. The topological polar surface area (TPSA) is 55.4 Å². The van der Waals surface area contributed by atoms with Crippen LogP contribution in [-0.4, -0.2) is 24.8 Å². The minimum Gasteiger partial charge on any atom is -0.490 e. The molecule has 0 atom stereocenters. The van der Waals surface area contributed by atoms with Gasteiger partial charge in [-0.1, -0.05) is 32.1 Å². The van der Waals surface area contributed by atoms with E-state index in [0.29, 0.717) is 24.6 Å². The van der Waals surface area contributed by atoms with Crippen LogP contribution in [0.2, 0.25) is 0 Å². The van der Waals surface area contributed by atoms with E-state index < -0.39 is 0 Å². The van der Waals surface area contributed by atoms with Crippen LogP contribution in [0.5, 0.6) is 5.75 Å². The second-order valence-corrected chi connectivity index (χ2v) is 7.23. The van der Waals surface area contributed by atoms with Gasteiger partial charge in [-0.25, -0.2) is 0 Å². The Labute approximate surface area is 157 Å². The van der Waals surface area contributed by atoms with Gasteiger partial charge < -0.3 is 14.8 Å². The number of carbonyl (C=O) groups excluding carboxylic acids is 2. The Bertz CT molecular complexity index is 521. The molecule has 0 heterocycles. The fourth-order valence-corrected chi connectivity index (χ4v) is 3.42. The zero-order valence-electron chi connectivity index (χ0n) is 15.9. The van der Waals surface area contributed by atoms with Gasteiger partial charge in [0.25, 0.3) is 5.91 Å². The van der Waals surface area contributed by atoms with Crippen LogP contribution >= 0.6 is 0 Å². The normalized spacial score (nSPS) is 14.8. The average Bonchev–Trinajstić information content (AvgIpc) is 2.68. The number of unbranched alkanes of at least 4 members (excludes halogenated alkanes) is 6. The Hall–Kier alpha value is -1.84. The van der Waals surface area contributed by atoms with Crippen molar-refractivity contribution in [2.45, 2.75) is 83.2 Å². The van der Waals surface area contributed by atoms with E-state index in [1.807, 2.05) is 24.3 Å². The van der Waals surface area contributed by atoms with Crippen molar-refractivity contribution >= 4 is 12.2 Å². The van der Waals surface area contributed by atoms with Gasteiger partial charge in [0, 0.05) is 18.5 Å². The summed E-state index contributed by atoms with van der Waals surface area (Å²) in [5, 5.41) is 2.98. The lowest BCUT2D eigenvalue weighted by molar-refractivity contribution is -0.107. The largest absolute Gasteiger partial charge is 0.490 e. The number of aldehydes is 1. The van der Waals surface area contributed by atoms with Gasteiger partial charge in [-0.3, -0.25) is 4.79 Å². The summed E-state index contributed by atoms with van der Waals surface area (Å²) in [5.74, 6) is 0.850. The molecule has 0 aromatic heterocycles. The quantitative estimate of drug-likeness (QED) is 0.419. The van der Waals surface area contributed by atoms with Gasteiger partial charge >= 0.3 is 0 Å². The molecule has 1 aliphatic carbocycles. The molecule has 1 aliphatic rings. The Kier molecular flexibility index (Phi) is 9.84. The van der Waals surface area contributed by atoms with Crippen molar-refractivity contribution in [1.29, 1.82) is 0 Å². The number of hydrogen-bond acceptors (Lipinski definition) is 3. The molecular weight excluding hydrogens is 326 g/mol. The van der Waals surface area contributed by atoms with Crippen LogP contribution in [0.4, 0.5) is 0 Å². The minimum atomic E-state index is -0.0137. The van der Waals surface area contributed by atoms with Crippen molar-refractivity contribution in [1.82, 2.24) is 5.32 Å². The molecule has 144 valence electrons. The maximum atomic E-state index is 12.2. The molecule has 0 spiro atoms. The third kappa shape index (κ3) is 8.03. The highest BCUT2D eigenvalue weighted by atomic mass is 16.5. The van der Waals surface area contributed by atoms with Crippen molar-refractivity contribution in [2.75, 3.05) is 6.54 Å². The molecule has 1 fully saturated rings. The summed E-state index contributed by atoms with van der Waals surface area (Å²) < 4.78 is 6.00. The van der Waals surface area contributed by atoms with E-state index in [9.17, 15) is 9.59 Å². The van der Waals surface area contributed by atoms with Gasteiger partial charge in [-0.2, -0.15) is 0 Å². The molecule has 0 aliphatic heterocycles. The predicted molar refractivity (Wildman–Crippen MR) is 105 cm³/mol. The lowest BCUT2D eigenvalue weighted by Gasteiger charge is -2.23. The van der Waals surface area contributed by atoms with Crippen LogP contribution in [-0.2, 0) is 4.79 Å². The van der Waals surface area contributed by atoms with E-state index >= 15 is 0 Å². The van der Waals surface area contributed by atoms with Gasteiger partial charge in [0.2, 0.25) is 0 Å². The maximum absolute atomic E-state index is 12.2. The van der Waals surface area contributed by atoms with Crippen molar-refractivity contribution in [3.8, 4) is 5.75 Å². The minimum absolute atomic E-state index is 0.0137. The smallest absolute Gasteiger partial charge is 0.251 e. The summed E-state index contributed by atoms with van der Waals surface area (Å²) in [4.78, 5) is 22.4. The number of ether oxygens (including phenoxy) is 1. The van der Waals surface area contributed by atoms with E-state index in [1.165, 1.54) is 32.1 Å². The number of carbonyl (C=O) groups is 2. The first-order valence-corrected chi connectivity index (χ1v) is 10.3. The highest BCUT2D eigenvalue weighted by Gasteiger charge is 2.15. The number of rotatable bonds is 12. The van der Waals surface area contributed by atoms with E-state index in [-0.39, 0.29) is 5.91 Å². The highest BCUT2D eigenvalue weighted by Crippen LogP contribution is 2.23. The van der Waals surface area contributed by atoms with Crippen LogP contribution in [0.1, 0.15) is 87.4 Å². The first-order chi connectivity index (χ1) is 12.8. The molecular formula is C22H33NO3. The highest BCUT2D eigenvalue weighted by molar-refractivity contribution is 5.94. The van der Waals surface area contributed by atoms with Gasteiger partial charge in [-0.15, -0.1) is 0 Å². The van der Waals surface area contributed by atoms with Crippen LogP contribution in [0, 0.1) is 0 Å². The van der Waals surface area contributed by atoms with Crippen LogP contribution in [0.25, 0.3) is 0 Å². The molecule has 1 aromatic rings. The van der Waals surface area contributed by atoms with Crippen molar-refractivity contribution in [2.24, 2.45) is 0 Å². The lowest BCUT2D eigenvalue weighted by Crippen LogP contribution is -2.24. The van der Waals surface area contributed by atoms with Crippen LogP contribution in [0.15, 0.2) is 24.3 Å². The standard InChI is InChI=1S/C22H33NO3/c24-18-10-5-3-1-2-4-9-17-23-22(25)19-13-15-21(16-14-19)26-20-11-7-6-8-12-20/h13-16,18,20H,1-12,17H2,(H,23,25). The molecule has 1 saturated carbocycles. The fraction of sp³-hybridized carbons (Fsp3) is 0.636. The molecule has 4 nitrogen and oxygen atoms in total. The third-order valence-corrected chi connectivity index (χ3v) is 5.01. The van der Waals surface area contributed by atoms with Crippen molar-refractivity contribution in [3.05, 3.63) is 29.8 Å². The molecule has 4 heteroatoms. The molecule has 0 bridgehead atoms. The Morgan fingerprint density at radius 1 is 0.962 bits per heavy atom. The Morgan fingerprint density at radius 2 is 1.62 bits per heavy atom. The van der Waals surface area contributed by atoms with Crippen molar-refractivity contribution < 1.29 is 14.3 Å². The summed E-state index contributed by atoms with van der Waals surface area (Å²) in [5.41, 5.74) is 0.690. The van der Waals surface area contributed by atoms with E-state index in [0.717, 1.165) is 50.6 Å². The Morgan fingerprint density at radius 3 is 2.31 bits per heavy atom. The molecule has 1 N–H and O–H groups in total. The van der Waals surface area contributed by atoms with Gasteiger partial charge in [0.15, 0.2) is 0 Å². The second-order valence-electron chi connectivity index (χ2n) is 7.23. The predicted octanol–water partition coefficient (Wildman–Crippen LogP) is 5.06. The number of benzene rings is 1. The lowest BCUT2D eigenvalue weighted by atomic mass is 9.98. The Balaban J connectivity index is 1.58. The fourth-order valence-electron chi connectivity index (χ4n) is 3.42. The SMILES string of the molecule is O=CCCCCCCCCNC(=O)c1ccc(OC2CCCCC2)cc1. The number of hydrogen-bond donors (Lipinski definition) is 1. The number of amides is 1. The monoisotopic (exact) mass is 359 g/mol.